The van der Waals surface area contributed by atoms with Gasteiger partial charge in [-0.2, -0.15) is 4.31 Å². The van der Waals surface area contributed by atoms with Crippen LogP contribution in [0.2, 0.25) is 5.02 Å². The predicted molar refractivity (Wildman–Crippen MR) is 113 cm³/mol. The maximum Gasteiger partial charge on any atom is 0.246 e. The minimum absolute atomic E-state index is 0.0858. The molecule has 3 aromatic rings. The van der Waals surface area contributed by atoms with E-state index in [1.54, 1.807) is 12.1 Å². The average Bonchev–Trinajstić information content (AvgIpc) is 2.73. The smallest absolute Gasteiger partial charge is 0.246 e. The topological polar surface area (TPSA) is 75.6 Å². The molecule has 0 atom stereocenters. The maximum absolute atomic E-state index is 13.1. The Hall–Kier alpha value is -2.42. The molecule has 0 spiro atoms. The zero-order valence-corrected chi connectivity index (χ0v) is 17.7. The number of halogens is 1. The quantitative estimate of drug-likeness (QED) is 0.630. The Balaban J connectivity index is 1.57. The first kappa shape index (κ1) is 19.9. The van der Waals surface area contributed by atoms with Gasteiger partial charge in [0.05, 0.1) is 23.8 Å². The van der Waals surface area contributed by atoms with Crippen molar-refractivity contribution in [3.05, 3.63) is 53.2 Å². The second-order valence-corrected chi connectivity index (χ2v) is 9.15. The number of para-hydroxylation sites is 2. The van der Waals surface area contributed by atoms with Crippen molar-refractivity contribution in [3.63, 3.8) is 0 Å². The number of sulfonamides is 1. The van der Waals surface area contributed by atoms with Gasteiger partial charge in [0.15, 0.2) is 5.82 Å². The Morgan fingerprint density at radius 1 is 1.00 bits per heavy atom. The van der Waals surface area contributed by atoms with E-state index < -0.39 is 10.0 Å². The van der Waals surface area contributed by atoms with E-state index in [2.05, 4.69) is 9.88 Å². The highest BCUT2D eigenvalue weighted by Crippen LogP contribution is 2.30. The molecule has 9 heteroatoms. The molecule has 1 aliphatic heterocycles. The highest BCUT2D eigenvalue weighted by molar-refractivity contribution is 7.89. The van der Waals surface area contributed by atoms with Crippen LogP contribution in [0.4, 0.5) is 5.82 Å². The summed E-state index contributed by atoms with van der Waals surface area (Å²) in [6.45, 7) is 3.65. The minimum Gasteiger partial charge on any atom is -0.495 e. The van der Waals surface area contributed by atoms with E-state index in [9.17, 15) is 8.42 Å². The largest absolute Gasteiger partial charge is 0.495 e. The van der Waals surface area contributed by atoms with E-state index >= 15 is 0 Å². The fraction of sp³-hybridized carbons (Fsp3) is 0.300. The van der Waals surface area contributed by atoms with Crippen LogP contribution in [0.15, 0.2) is 47.4 Å². The number of piperazine rings is 1. The monoisotopic (exact) mass is 432 g/mol. The van der Waals surface area contributed by atoms with Crippen LogP contribution in [0, 0.1) is 6.92 Å². The molecule has 0 N–H and O–H groups in total. The van der Waals surface area contributed by atoms with Gasteiger partial charge in [-0.3, -0.25) is 0 Å². The fourth-order valence-corrected chi connectivity index (χ4v) is 5.35. The lowest BCUT2D eigenvalue weighted by molar-refractivity contribution is 0.373. The third kappa shape index (κ3) is 3.75. The van der Waals surface area contributed by atoms with Gasteiger partial charge in [0.25, 0.3) is 0 Å². The number of nitrogens with zero attached hydrogens (tertiary/aromatic N) is 4. The van der Waals surface area contributed by atoms with Crippen molar-refractivity contribution >= 4 is 38.5 Å². The summed E-state index contributed by atoms with van der Waals surface area (Å²) in [7, 11) is -2.27. The molecule has 0 radical (unpaired) electrons. The molecule has 7 nitrogen and oxygen atoms in total. The molecular weight excluding hydrogens is 412 g/mol. The number of anilines is 1. The molecule has 152 valence electrons. The first-order chi connectivity index (χ1) is 13.9. The maximum atomic E-state index is 13.1. The van der Waals surface area contributed by atoms with Crippen LogP contribution in [0.5, 0.6) is 5.75 Å². The van der Waals surface area contributed by atoms with Crippen molar-refractivity contribution in [3.8, 4) is 5.75 Å². The van der Waals surface area contributed by atoms with Crippen LogP contribution in [-0.4, -0.2) is 56.0 Å². The second kappa shape index (κ2) is 7.78. The van der Waals surface area contributed by atoms with Crippen molar-refractivity contribution in [1.29, 1.82) is 0 Å². The van der Waals surface area contributed by atoms with E-state index in [0.29, 0.717) is 31.2 Å². The van der Waals surface area contributed by atoms with Gasteiger partial charge in [-0.05, 0) is 37.3 Å². The average molecular weight is 433 g/mol. The second-order valence-electron chi connectivity index (χ2n) is 6.81. The standard InChI is InChI=1S/C20H21ClN4O3S/c1-14-20(23-17-6-4-3-5-16(17)22-14)24-9-11-25(12-10-24)29(26,27)19-13-15(21)7-8-18(19)28-2/h3-8,13H,9-12H2,1-2H3. The molecule has 1 aromatic heterocycles. The Kier molecular flexibility index (Phi) is 5.33. The zero-order valence-electron chi connectivity index (χ0n) is 16.2. The number of ether oxygens (including phenoxy) is 1. The number of methoxy groups -OCH3 is 1. The van der Waals surface area contributed by atoms with E-state index in [-0.39, 0.29) is 10.6 Å². The van der Waals surface area contributed by atoms with Crippen molar-refractivity contribution < 1.29 is 13.2 Å². The number of aryl methyl sites for hydroxylation is 1. The van der Waals surface area contributed by atoms with Crippen LogP contribution in [0.1, 0.15) is 5.69 Å². The Labute approximate surface area is 174 Å². The van der Waals surface area contributed by atoms with Gasteiger partial charge in [-0.25, -0.2) is 18.4 Å². The van der Waals surface area contributed by atoms with Gasteiger partial charge in [-0.1, -0.05) is 23.7 Å². The number of aromatic nitrogens is 2. The SMILES string of the molecule is COc1ccc(Cl)cc1S(=O)(=O)N1CCN(c2nc3ccccc3nc2C)CC1. The van der Waals surface area contributed by atoms with E-state index in [1.807, 2.05) is 31.2 Å². The van der Waals surface area contributed by atoms with Crippen LogP contribution in [-0.2, 0) is 10.0 Å². The minimum atomic E-state index is -3.72. The van der Waals surface area contributed by atoms with Crippen LogP contribution in [0.3, 0.4) is 0 Å². The molecule has 0 saturated carbocycles. The lowest BCUT2D eigenvalue weighted by atomic mass is 10.2. The molecule has 0 amide bonds. The summed E-state index contributed by atoms with van der Waals surface area (Å²) in [5, 5.41) is 0.352. The number of hydrogen-bond acceptors (Lipinski definition) is 6. The highest BCUT2D eigenvalue weighted by atomic mass is 35.5. The van der Waals surface area contributed by atoms with Gasteiger partial charge < -0.3 is 9.64 Å². The third-order valence-electron chi connectivity index (χ3n) is 5.00. The van der Waals surface area contributed by atoms with Gasteiger partial charge in [-0.15, -0.1) is 0 Å². The lowest BCUT2D eigenvalue weighted by Crippen LogP contribution is -2.49. The predicted octanol–water partition coefficient (Wildman–Crippen LogP) is 3.11. The first-order valence-corrected chi connectivity index (χ1v) is 11.0. The van der Waals surface area contributed by atoms with E-state index in [1.165, 1.54) is 17.5 Å². The summed E-state index contributed by atoms with van der Waals surface area (Å²) in [5.74, 6) is 1.08. The van der Waals surface area contributed by atoms with Crippen LogP contribution in [0.25, 0.3) is 11.0 Å². The summed E-state index contributed by atoms with van der Waals surface area (Å²) in [4.78, 5) is 11.5. The van der Waals surface area contributed by atoms with Crippen molar-refractivity contribution in [1.82, 2.24) is 14.3 Å². The Morgan fingerprint density at radius 3 is 2.31 bits per heavy atom. The summed E-state index contributed by atoms with van der Waals surface area (Å²) in [6, 6.07) is 12.3. The molecular formula is C20H21ClN4O3S. The van der Waals surface area contributed by atoms with Crippen LogP contribution >= 0.6 is 11.6 Å². The normalized spacial score (nSPS) is 15.6. The van der Waals surface area contributed by atoms with Gasteiger partial charge in [0.1, 0.15) is 10.6 Å². The molecule has 0 aliphatic carbocycles. The molecule has 1 saturated heterocycles. The molecule has 0 unspecified atom stereocenters. The Morgan fingerprint density at radius 2 is 1.66 bits per heavy atom. The molecule has 4 rings (SSSR count). The number of fused-ring (bicyclic) bond motifs is 1. The van der Waals surface area contributed by atoms with E-state index in [4.69, 9.17) is 21.3 Å². The summed E-state index contributed by atoms with van der Waals surface area (Å²) in [5.41, 5.74) is 2.51. The van der Waals surface area contributed by atoms with Crippen molar-refractivity contribution in [2.75, 3.05) is 38.2 Å². The Bertz CT molecular complexity index is 1160. The summed E-state index contributed by atoms with van der Waals surface area (Å²) in [6.07, 6.45) is 0. The molecule has 1 aliphatic rings. The molecule has 29 heavy (non-hydrogen) atoms. The van der Waals surface area contributed by atoms with Crippen molar-refractivity contribution in [2.45, 2.75) is 11.8 Å². The summed E-state index contributed by atoms with van der Waals surface area (Å²) < 4.78 is 33.0. The van der Waals surface area contributed by atoms with Crippen LogP contribution < -0.4 is 9.64 Å². The van der Waals surface area contributed by atoms with Gasteiger partial charge >= 0.3 is 0 Å². The number of benzene rings is 2. The fourth-order valence-electron chi connectivity index (χ4n) is 3.51. The summed E-state index contributed by atoms with van der Waals surface area (Å²) >= 11 is 6.03. The molecule has 2 heterocycles. The van der Waals surface area contributed by atoms with Gasteiger partial charge in [0.2, 0.25) is 10.0 Å². The number of rotatable bonds is 4. The zero-order chi connectivity index (χ0) is 20.6. The van der Waals surface area contributed by atoms with E-state index in [0.717, 1.165) is 22.5 Å². The number of hydrogen-bond donors (Lipinski definition) is 0. The van der Waals surface area contributed by atoms with Gasteiger partial charge in [0, 0.05) is 31.2 Å². The molecule has 1 fully saturated rings. The first-order valence-electron chi connectivity index (χ1n) is 9.22. The lowest BCUT2D eigenvalue weighted by Gasteiger charge is -2.35. The van der Waals surface area contributed by atoms with Crippen molar-refractivity contribution in [2.24, 2.45) is 0 Å². The highest BCUT2D eigenvalue weighted by Gasteiger charge is 2.32. The molecule has 2 aromatic carbocycles. The third-order valence-corrected chi connectivity index (χ3v) is 7.16. The molecule has 0 bridgehead atoms.